The van der Waals surface area contributed by atoms with Gasteiger partial charge in [0.2, 0.25) is 17.7 Å². The molecule has 8 heteroatoms. The van der Waals surface area contributed by atoms with Gasteiger partial charge in [-0.3, -0.25) is 24.6 Å². The molecule has 7 nitrogen and oxygen atoms in total. The van der Waals surface area contributed by atoms with E-state index >= 15 is 0 Å². The first-order valence-corrected chi connectivity index (χ1v) is 10.7. The Hall–Kier alpha value is -2.74. The van der Waals surface area contributed by atoms with Gasteiger partial charge in [-0.25, -0.2) is 0 Å². The summed E-state index contributed by atoms with van der Waals surface area (Å²) in [5.41, 5.74) is 1.47. The summed E-state index contributed by atoms with van der Waals surface area (Å²) < 4.78 is 0. The molecule has 160 valence electrons. The van der Waals surface area contributed by atoms with Crippen LogP contribution in [0.2, 0.25) is 5.02 Å². The van der Waals surface area contributed by atoms with Crippen molar-refractivity contribution in [3.05, 3.63) is 64.2 Å². The highest BCUT2D eigenvalue weighted by Gasteiger charge is 2.70. The SMILES string of the molecule is Cc1c(Cl)ccc2c1NC(=O)[C@]21N[C@H](CO)[C@H]2C(=O)N(CCc3ccccc3)C(=O)[C@@H]21. The molecular weight excluding hydrogens is 418 g/mol. The summed E-state index contributed by atoms with van der Waals surface area (Å²) in [5.74, 6) is -2.85. The molecule has 3 amide bonds. The molecule has 2 aromatic carbocycles. The van der Waals surface area contributed by atoms with Gasteiger partial charge in [0.05, 0.1) is 24.1 Å². The predicted octanol–water partition coefficient (Wildman–Crippen LogP) is 1.60. The molecule has 0 aromatic heterocycles. The summed E-state index contributed by atoms with van der Waals surface area (Å²) in [5, 5.41) is 16.5. The molecule has 0 bridgehead atoms. The maximum absolute atomic E-state index is 13.5. The minimum Gasteiger partial charge on any atom is -0.395 e. The Labute approximate surface area is 184 Å². The molecule has 1 spiro atoms. The summed E-state index contributed by atoms with van der Waals surface area (Å²) >= 11 is 6.24. The molecule has 2 aromatic rings. The van der Waals surface area contributed by atoms with E-state index in [4.69, 9.17) is 11.6 Å². The number of rotatable bonds is 4. The fraction of sp³-hybridized carbons (Fsp3) is 0.348. The highest BCUT2D eigenvalue weighted by molar-refractivity contribution is 6.32. The third kappa shape index (κ3) is 2.70. The number of anilines is 1. The molecule has 2 saturated heterocycles. The molecule has 3 aliphatic heterocycles. The maximum Gasteiger partial charge on any atom is 0.250 e. The van der Waals surface area contributed by atoms with Crippen LogP contribution in [0, 0.1) is 18.8 Å². The third-order valence-corrected chi connectivity index (χ3v) is 7.25. The quantitative estimate of drug-likeness (QED) is 0.628. The largest absolute Gasteiger partial charge is 0.395 e. The number of nitrogens with zero attached hydrogens (tertiary/aromatic N) is 1. The normalized spacial score (nSPS) is 28.9. The van der Waals surface area contributed by atoms with E-state index in [9.17, 15) is 19.5 Å². The number of imide groups is 1. The van der Waals surface area contributed by atoms with Crippen molar-refractivity contribution in [1.29, 1.82) is 0 Å². The number of benzene rings is 2. The highest BCUT2D eigenvalue weighted by Crippen LogP contribution is 2.53. The predicted molar refractivity (Wildman–Crippen MR) is 114 cm³/mol. The van der Waals surface area contributed by atoms with Crippen LogP contribution in [-0.4, -0.2) is 46.9 Å². The van der Waals surface area contributed by atoms with E-state index in [0.717, 1.165) is 5.56 Å². The number of hydrogen-bond acceptors (Lipinski definition) is 5. The van der Waals surface area contributed by atoms with E-state index in [1.54, 1.807) is 19.1 Å². The second-order valence-electron chi connectivity index (χ2n) is 8.36. The minimum atomic E-state index is -1.41. The number of halogens is 1. The molecule has 2 fully saturated rings. The number of likely N-dealkylation sites (tertiary alicyclic amines) is 1. The summed E-state index contributed by atoms with van der Waals surface area (Å²) in [6, 6.07) is 12.3. The lowest BCUT2D eigenvalue weighted by molar-refractivity contribution is -0.142. The molecule has 4 atom stereocenters. The fourth-order valence-corrected chi connectivity index (χ4v) is 5.47. The zero-order valence-electron chi connectivity index (χ0n) is 16.9. The Kier molecular flexibility index (Phi) is 4.66. The standard InChI is InChI=1S/C23H22ClN3O4/c1-12-15(24)8-7-14-19(12)25-22(31)23(14)18-17(16(11-28)26-23)20(29)27(21(18)30)10-9-13-5-3-2-4-6-13/h2-8,16-18,26,28H,9-11H2,1H3,(H,25,31)/t16-,17-,18-,23+/m1/s1. The zero-order chi connectivity index (χ0) is 21.9. The second-order valence-corrected chi connectivity index (χ2v) is 8.76. The van der Waals surface area contributed by atoms with E-state index in [-0.39, 0.29) is 25.0 Å². The van der Waals surface area contributed by atoms with Gasteiger partial charge in [0.25, 0.3) is 0 Å². The van der Waals surface area contributed by atoms with E-state index in [0.29, 0.717) is 28.3 Å². The first kappa shape index (κ1) is 20.2. The van der Waals surface area contributed by atoms with E-state index in [1.165, 1.54) is 4.90 Å². The number of carbonyl (C=O) groups is 3. The number of aliphatic hydroxyl groups is 1. The Morgan fingerprint density at radius 2 is 1.84 bits per heavy atom. The van der Waals surface area contributed by atoms with E-state index in [2.05, 4.69) is 10.6 Å². The van der Waals surface area contributed by atoms with E-state index < -0.39 is 29.3 Å². The maximum atomic E-state index is 13.5. The molecular formula is C23H22ClN3O4. The van der Waals surface area contributed by atoms with Crippen LogP contribution in [0.3, 0.4) is 0 Å². The van der Waals surface area contributed by atoms with Crippen LogP contribution in [0.4, 0.5) is 5.69 Å². The highest BCUT2D eigenvalue weighted by atomic mass is 35.5. The Morgan fingerprint density at radius 1 is 1.10 bits per heavy atom. The summed E-state index contributed by atoms with van der Waals surface area (Å²) in [6.45, 7) is 1.67. The van der Waals surface area contributed by atoms with Crippen molar-refractivity contribution < 1.29 is 19.5 Å². The van der Waals surface area contributed by atoms with Gasteiger partial charge in [-0.1, -0.05) is 48.0 Å². The minimum absolute atomic E-state index is 0.233. The first-order valence-electron chi connectivity index (χ1n) is 10.3. The van der Waals surface area contributed by atoms with Gasteiger partial charge in [-0.15, -0.1) is 0 Å². The Morgan fingerprint density at radius 3 is 2.55 bits per heavy atom. The average molecular weight is 440 g/mol. The van der Waals surface area contributed by atoms with Crippen molar-refractivity contribution in [2.75, 3.05) is 18.5 Å². The van der Waals surface area contributed by atoms with Gasteiger partial charge < -0.3 is 10.4 Å². The van der Waals surface area contributed by atoms with Gasteiger partial charge in [0.15, 0.2) is 0 Å². The molecule has 3 aliphatic rings. The number of amides is 3. The number of hydrogen-bond donors (Lipinski definition) is 3. The van der Waals surface area contributed by atoms with Gasteiger partial charge in [-0.2, -0.15) is 0 Å². The van der Waals surface area contributed by atoms with Crippen LogP contribution in [0.25, 0.3) is 0 Å². The molecule has 3 heterocycles. The van der Waals surface area contributed by atoms with Gasteiger partial charge >= 0.3 is 0 Å². The van der Waals surface area contributed by atoms with Gasteiger partial charge in [0.1, 0.15) is 5.54 Å². The van der Waals surface area contributed by atoms with Crippen molar-refractivity contribution in [3.63, 3.8) is 0 Å². The van der Waals surface area contributed by atoms with Crippen LogP contribution in [0.5, 0.6) is 0 Å². The van der Waals surface area contributed by atoms with Crippen LogP contribution >= 0.6 is 11.6 Å². The number of fused-ring (bicyclic) bond motifs is 4. The number of nitrogens with one attached hydrogen (secondary N) is 2. The van der Waals surface area contributed by atoms with Crippen molar-refractivity contribution in [2.24, 2.45) is 11.8 Å². The Balaban J connectivity index is 1.55. The summed E-state index contributed by atoms with van der Waals surface area (Å²) in [4.78, 5) is 41.3. The fourth-order valence-electron chi connectivity index (χ4n) is 5.31. The van der Waals surface area contributed by atoms with Crippen LogP contribution in [-0.2, 0) is 26.3 Å². The molecule has 3 N–H and O–H groups in total. The molecule has 0 aliphatic carbocycles. The zero-order valence-corrected chi connectivity index (χ0v) is 17.6. The van der Waals surface area contributed by atoms with Crippen molar-refractivity contribution in [1.82, 2.24) is 10.2 Å². The summed E-state index contributed by atoms with van der Waals surface area (Å²) in [7, 11) is 0. The van der Waals surface area contributed by atoms with Crippen molar-refractivity contribution in [3.8, 4) is 0 Å². The van der Waals surface area contributed by atoms with Gasteiger partial charge in [0, 0.05) is 23.2 Å². The van der Waals surface area contributed by atoms with Crippen LogP contribution < -0.4 is 10.6 Å². The molecule has 0 saturated carbocycles. The smallest absolute Gasteiger partial charge is 0.250 e. The topological polar surface area (TPSA) is 98.7 Å². The summed E-state index contributed by atoms with van der Waals surface area (Å²) in [6.07, 6.45) is 0.527. The van der Waals surface area contributed by atoms with Crippen molar-refractivity contribution >= 4 is 35.0 Å². The van der Waals surface area contributed by atoms with Crippen LogP contribution in [0.1, 0.15) is 16.7 Å². The lowest BCUT2D eigenvalue weighted by Crippen LogP contribution is -2.53. The Bertz CT molecular complexity index is 1110. The van der Waals surface area contributed by atoms with Gasteiger partial charge in [-0.05, 0) is 30.5 Å². The lowest BCUT2D eigenvalue weighted by Gasteiger charge is -2.29. The monoisotopic (exact) mass is 439 g/mol. The van der Waals surface area contributed by atoms with Crippen molar-refractivity contribution in [2.45, 2.75) is 24.9 Å². The molecule has 31 heavy (non-hydrogen) atoms. The third-order valence-electron chi connectivity index (χ3n) is 6.84. The van der Waals surface area contributed by atoms with E-state index in [1.807, 2.05) is 30.3 Å². The molecule has 5 rings (SSSR count). The number of aliphatic hydroxyl groups excluding tert-OH is 1. The molecule has 0 radical (unpaired) electrons. The second kappa shape index (κ2) is 7.15. The average Bonchev–Trinajstić information content (AvgIpc) is 3.35. The van der Waals surface area contributed by atoms with Crippen LogP contribution in [0.15, 0.2) is 42.5 Å². The first-order chi connectivity index (χ1) is 14.9. The number of carbonyl (C=O) groups excluding carboxylic acids is 3. The molecule has 0 unspecified atom stereocenters. The lowest BCUT2D eigenvalue weighted by atomic mass is 9.76.